The maximum absolute atomic E-state index is 10.2. The van der Waals surface area contributed by atoms with Crippen LogP contribution in [0.1, 0.15) is 49.8 Å². The van der Waals surface area contributed by atoms with Crippen molar-refractivity contribution in [3.63, 3.8) is 0 Å². The molecule has 2 aromatic carbocycles. The second kappa shape index (κ2) is 6.60. The van der Waals surface area contributed by atoms with Crippen LogP contribution in [0.15, 0.2) is 48.5 Å². The number of phenols is 1. The first-order valence-electron chi connectivity index (χ1n) is 10.8. The van der Waals surface area contributed by atoms with E-state index in [-0.39, 0.29) is 11.0 Å². The molecule has 3 heteroatoms. The number of piperidine rings is 1. The first-order chi connectivity index (χ1) is 13.5. The molecule has 0 unspecified atom stereocenters. The van der Waals surface area contributed by atoms with Crippen molar-refractivity contribution in [1.29, 1.82) is 0 Å². The summed E-state index contributed by atoms with van der Waals surface area (Å²) >= 11 is 0. The van der Waals surface area contributed by atoms with E-state index in [4.69, 9.17) is 4.74 Å². The van der Waals surface area contributed by atoms with Crippen LogP contribution >= 0.6 is 0 Å². The van der Waals surface area contributed by atoms with E-state index in [9.17, 15) is 5.11 Å². The Morgan fingerprint density at radius 3 is 2.75 bits per heavy atom. The van der Waals surface area contributed by atoms with E-state index < -0.39 is 0 Å². The Bertz CT molecular complexity index is 860. The summed E-state index contributed by atoms with van der Waals surface area (Å²) in [6.07, 6.45) is 4.84. The lowest BCUT2D eigenvalue weighted by molar-refractivity contribution is -0.0783. The number of likely N-dealkylation sites (tertiary alicyclic amines) is 1. The second-order valence-electron chi connectivity index (χ2n) is 9.28. The van der Waals surface area contributed by atoms with Gasteiger partial charge in [-0.3, -0.25) is 4.90 Å². The minimum atomic E-state index is -0.0236. The molecule has 0 radical (unpaired) electrons. The van der Waals surface area contributed by atoms with Gasteiger partial charge >= 0.3 is 0 Å². The number of phenolic OH excluding ortho intramolecular Hbond substituents is 1. The number of nitrogens with zero attached hydrogens (tertiary/aromatic N) is 1. The minimum Gasteiger partial charge on any atom is -0.508 e. The smallest absolute Gasteiger partial charge is 0.115 e. The molecule has 0 spiro atoms. The van der Waals surface area contributed by atoms with Gasteiger partial charge in [0.1, 0.15) is 5.75 Å². The molecule has 2 aromatic rings. The van der Waals surface area contributed by atoms with Gasteiger partial charge in [-0.1, -0.05) is 50.2 Å². The summed E-state index contributed by atoms with van der Waals surface area (Å²) in [6, 6.07) is 17.1. The molecule has 2 bridgehead atoms. The highest BCUT2D eigenvalue weighted by Crippen LogP contribution is 2.58. The fourth-order valence-electron chi connectivity index (χ4n) is 6.31. The average molecular weight is 378 g/mol. The number of ether oxygens (including phenoxy) is 1. The first kappa shape index (κ1) is 18.2. The van der Waals surface area contributed by atoms with Crippen molar-refractivity contribution < 1.29 is 9.84 Å². The molecular formula is C25H31NO2. The third kappa shape index (κ3) is 2.56. The van der Waals surface area contributed by atoms with Gasteiger partial charge in [-0.25, -0.2) is 0 Å². The minimum absolute atomic E-state index is 0.0236. The Hall–Kier alpha value is -1.84. The van der Waals surface area contributed by atoms with E-state index in [1.807, 2.05) is 12.1 Å². The van der Waals surface area contributed by atoms with Crippen LogP contribution < -0.4 is 0 Å². The Balaban J connectivity index is 1.66. The summed E-state index contributed by atoms with van der Waals surface area (Å²) in [5.41, 5.74) is 4.20. The summed E-state index contributed by atoms with van der Waals surface area (Å²) in [5, 5.41) is 10.2. The molecule has 3 aliphatic rings. The number of rotatable bonds is 3. The zero-order valence-electron chi connectivity index (χ0n) is 17.0. The Labute approximate surface area is 168 Å². The summed E-state index contributed by atoms with van der Waals surface area (Å²) in [6.45, 7) is 7.84. The van der Waals surface area contributed by atoms with Crippen molar-refractivity contribution in [3.05, 3.63) is 65.2 Å². The largest absolute Gasteiger partial charge is 0.508 e. The van der Waals surface area contributed by atoms with E-state index in [2.05, 4.69) is 55.1 Å². The van der Waals surface area contributed by atoms with E-state index in [0.717, 1.165) is 32.5 Å². The fourth-order valence-corrected chi connectivity index (χ4v) is 6.31. The monoisotopic (exact) mass is 377 g/mol. The third-order valence-corrected chi connectivity index (χ3v) is 8.03. The molecule has 1 aliphatic carbocycles. The molecule has 2 fully saturated rings. The average Bonchev–Trinajstić information content (AvgIpc) is 3.22. The van der Waals surface area contributed by atoms with Crippen molar-refractivity contribution in [2.24, 2.45) is 5.92 Å². The third-order valence-electron chi connectivity index (χ3n) is 8.03. The van der Waals surface area contributed by atoms with E-state index in [0.29, 0.717) is 17.8 Å². The lowest BCUT2D eigenvalue weighted by atomic mass is 9.52. The van der Waals surface area contributed by atoms with E-state index >= 15 is 0 Å². The molecule has 2 aliphatic heterocycles. The van der Waals surface area contributed by atoms with Gasteiger partial charge in [-0.15, -0.1) is 0 Å². The van der Waals surface area contributed by atoms with Crippen molar-refractivity contribution in [2.45, 2.75) is 56.6 Å². The topological polar surface area (TPSA) is 32.7 Å². The van der Waals surface area contributed by atoms with Crippen LogP contribution in [0.3, 0.4) is 0 Å². The van der Waals surface area contributed by atoms with Crippen LogP contribution in [0.4, 0.5) is 0 Å². The molecule has 148 valence electrons. The molecule has 3 nitrogen and oxygen atoms in total. The van der Waals surface area contributed by atoms with E-state index in [1.54, 1.807) is 0 Å². The number of hydrogen-bond donors (Lipinski definition) is 1. The van der Waals surface area contributed by atoms with Crippen LogP contribution in [0.25, 0.3) is 0 Å². The normalized spacial score (nSPS) is 34.9. The van der Waals surface area contributed by atoms with Gasteiger partial charge in [0.15, 0.2) is 0 Å². The molecule has 4 atom stereocenters. The van der Waals surface area contributed by atoms with Crippen molar-refractivity contribution >= 4 is 0 Å². The number of fused-ring (bicyclic) bond motifs is 4. The molecule has 0 amide bonds. The maximum Gasteiger partial charge on any atom is 0.115 e. The van der Waals surface area contributed by atoms with Crippen LogP contribution in [0, 0.1) is 5.92 Å². The predicted molar refractivity (Wildman–Crippen MR) is 112 cm³/mol. The second-order valence-corrected chi connectivity index (χ2v) is 9.28. The number of hydrogen-bond acceptors (Lipinski definition) is 3. The summed E-state index contributed by atoms with van der Waals surface area (Å²) in [5.74, 6) is 0.841. The Kier molecular flexibility index (Phi) is 4.29. The highest BCUT2D eigenvalue weighted by molar-refractivity contribution is 5.48. The summed E-state index contributed by atoms with van der Waals surface area (Å²) in [7, 11) is 0. The summed E-state index contributed by atoms with van der Waals surface area (Å²) < 4.78 is 6.05. The molecule has 0 saturated carbocycles. The number of aromatic hydroxyl groups is 1. The van der Waals surface area contributed by atoms with Gasteiger partial charge in [0.2, 0.25) is 0 Å². The van der Waals surface area contributed by atoms with Gasteiger partial charge in [-0.2, -0.15) is 0 Å². The molecule has 5 rings (SSSR count). The van der Waals surface area contributed by atoms with E-state index in [1.165, 1.54) is 29.5 Å². The zero-order chi connectivity index (χ0) is 19.4. The molecule has 28 heavy (non-hydrogen) atoms. The Morgan fingerprint density at radius 1 is 1.18 bits per heavy atom. The predicted octanol–water partition coefficient (Wildman–Crippen LogP) is 4.62. The Morgan fingerprint density at radius 2 is 2.00 bits per heavy atom. The molecule has 2 saturated heterocycles. The molecular weight excluding hydrogens is 346 g/mol. The van der Waals surface area contributed by atoms with Gasteiger partial charge in [0, 0.05) is 13.2 Å². The quantitative estimate of drug-likeness (QED) is 0.847. The highest BCUT2D eigenvalue weighted by Gasteiger charge is 2.58. The summed E-state index contributed by atoms with van der Waals surface area (Å²) in [4.78, 5) is 2.74. The van der Waals surface area contributed by atoms with Gasteiger partial charge in [0.25, 0.3) is 0 Å². The standard InChI is InChI=1S/C25H31NO2/c1-18-24(2)12-13-26(17-22-9-6-14-28-22)25(18,20-7-4-3-5-8-20)16-19-10-11-21(27)15-23(19)24/h3-5,7-8,10-11,15,18,22,27H,6,9,12-14,16-17H2,1-2H3/t18-,22-,24-,25-/m1/s1. The zero-order valence-corrected chi connectivity index (χ0v) is 17.0. The van der Waals surface area contributed by atoms with Gasteiger partial charge in [0.05, 0.1) is 11.6 Å². The van der Waals surface area contributed by atoms with Crippen LogP contribution in [0.2, 0.25) is 0 Å². The number of benzene rings is 2. The molecule has 2 heterocycles. The lowest BCUT2D eigenvalue weighted by Gasteiger charge is -2.62. The van der Waals surface area contributed by atoms with Gasteiger partial charge in [-0.05, 0) is 72.4 Å². The van der Waals surface area contributed by atoms with Crippen LogP contribution in [0.5, 0.6) is 5.75 Å². The van der Waals surface area contributed by atoms with Crippen molar-refractivity contribution in [2.75, 3.05) is 19.7 Å². The van der Waals surface area contributed by atoms with Crippen molar-refractivity contribution in [3.8, 4) is 5.75 Å². The van der Waals surface area contributed by atoms with Crippen molar-refractivity contribution in [1.82, 2.24) is 4.90 Å². The fraction of sp³-hybridized carbons (Fsp3) is 0.520. The molecule has 0 aromatic heterocycles. The molecule has 1 N–H and O–H groups in total. The van der Waals surface area contributed by atoms with Gasteiger partial charge < -0.3 is 9.84 Å². The SMILES string of the molecule is C[C@@H]1[C@@]2(C)CCN(C[C@H]3CCCO3)[C@]1(c1ccccc1)Cc1ccc(O)cc12. The lowest BCUT2D eigenvalue weighted by Crippen LogP contribution is -2.65. The first-order valence-corrected chi connectivity index (χ1v) is 10.8. The van der Waals surface area contributed by atoms with Crippen LogP contribution in [-0.4, -0.2) is 35.8 Å². The highest BCUT2D eigenvalue weighted by atomic mass is 16.5. The maximum atomic E-state index is 10.2. The van der Waals surface area contributed by atoms with Crippen LogP contribution in [-0.2, 0) is 22.1 Å².